The van der Waals surface area contributed by atoms with Crippen LogP contribution in [0.25, 0.3) is 0 Å². The normalized spacial score (nSPS) is 9.18. The quantitative estimate of drug-likeness (QED) is 0.742. The lowest BCUT2D eigenvalue weighted by Crippen LogP contribution is -1.97. The van der Waals surface area contributed by atoms with Gasteiger partial charge < -0.3 is 9.40 Å². The minimum Gasteiger partial charge on any atom is -0.478 e. The van der Waals surface area contributed by atoms with E-state index >= 15 is 0 Å². The van der Waals surface area contributed by atoms with Gasteiger partial charge in [0.2, 0.25) is 0 Å². The van der Waals surface area contributed by atoms with E-state index < -0.39 is 5.97 Å². The molecule has 0 fully saturated rings. The zero-order valence-corrected chi connectivity index (χ0v) is 6.21. The molecule has 0 heterocycles. The first-order chi connectivity index (χ1) is 5.25. The van der Waals surface area contributed by atoms with E-state index in [2.05, 4.69) is 4.29 Å². The Balaban J connectivity index is 3.12. The van der Waals surface area contributed by atoms with Crippen molar-refractivity contribution in [3.8, 4) is 5.75 Å². The maximum Gasteiger partial charge on any atom is 0.339 e. The molecule has 4 heteroatoms. The smallest absolute Gasteiger partial charge is 0.339 e. The Kier molecular flexibility index (Phi) is 2.33. The molecule has 0 aliphatic rings. The fraction of sp³-hybridized carbons (Fsp3) is 0. The van der Waals surface area contributed by atoms with Gasteiger partial charge in [0.1, 0.15) is 17.4 Å². The minimum atomic E-state index is -1.05. The van der Waals surface area contributed by atoms with Gasteiger partial charge in [-0.05, 0) is 12.1 Å². The van der Waals surface area contributed by atoms with Gasteiger partial charge in [0, 0.05) is 0 Å². The average Bonchev–Trinajstić information content (AvgIpc) is 2.04. The fourth-order valence-corrected chi connectivity index (χ4v) is 0.845. The van der Waals surface area contributed by atoms with Gasteiger partial charge in [-0.2, -0.15) is 0 Å². The summed E-state index contributed by atoms with van der Waals surface area (Å²) < 4.78 is 4.30. The number of carboxylic acids is 1. The molecule has 0 bridgehead atoms. The number of carbonyl (C=O) groups is 1. The largest absolute Gasteiger partial charge is 0.478 e. The van der Waals surface area contributed by atoms with Crippen LogP contribution in [0, 0.1) is 0 Å². The van der Waals surface area contributed by atoms with E-state index in [1.165, 1.54) is 12.1 Å². The lowest BCUT2D eigenvalue weighted by Gasteiger charge is -1.98. The summed E-state index contributed by atoms with van der Waals surface area (Å²) in [4.78, 5) is 10.4. The van der Waals surface area contributed by atoms with Crippen LogP contribution in [-0.4, -0.2) is 11.1 Å². The fourth-order valence-electron chi connectivity index (χ4n) is 0.711. The van der Waals surface area contributed by atoms with Crippen molar-refractivity contribution >= 4 is 17.8 Å². The number of halogens is 1. The standard InChI is InChI=1S/C7H5ClO3/c8-11-6-4-2-1-3-5(6)7(9)10/h1-4H,(H,9,10). The highest BCUT2D eigenvalue weighted by Crippen LogP contribution is 2.18. The second-order valence-corrected chi connectivity index (χ2v) is 2.03. The van der Waals surface area contributed by atoms with Crippen molar-refractivity contribution < 1.29 is 14.2 Å². The van der Waals surface area contributed by atoms with Gasteiger partial charge in [-0.1, -0.05) is 12.1 Å². The van der Waals surface area contributed by atoms with E-state index in [4.69, 9.17) is 17.0 Å². The van der Waals surface area contributed by atoms with Gasteiger partial charge in [0.25, 0.3) is 0 Å². The number of hydrogen-bond donors (Lipinski definition) is 1. The summed E-state index contributed by atoms with van der Waals surface area (Å²) >= 11 is 5.01. The van der Waals surface area contributed by atoms with Gasteiger partial charge >= 0.3 is 5.97 Å². The molecule has 11 heavy (non-hydrogen) atoms. The molecule has 0 saturated heterocycles. The molecule has 0 radical (unpaired) electrons. The van der Waals surface area contributed by atoms with Crippen LogP contribution in [0.5, 0.6) is 5.75 Å². The summed E-state index contributed by atoms with van der Waals surface area (Å²) in [6.45, 7) is 0. The van der Waals surface area contributed by atoms with Crippen LogP contribution in [0.4, 0.5) is 0 Å². The predicted octanol–water partition coefficient (Wildman–Crippen LogP) is 1.92. The summed E-state index contributed by atoms with van der Waals surface area (Å²) in [5, 5.41) is 8.56. The van der Waals surface area contributed by atoms with Gasteiger partial charge in [-0.3, -0.25) is 0 Å². The minimum absolute atomic E-state index is 0.0579. The second kappa shape index (κ2) is 3.25. The molecule has 0 saturated carbocycles. The van der Waals surface area contributed by atoms with Crippen molar-refractivity contribution in [2.75, 3.05) is 0 Å². The van der Waals surface area contributed by atoms with Crippen LogP contribution in [0.2, 0.25) is 0 Å². The summed E-state index contributed by atoms with van der Waals surface area (Å²) in [5.41, 5.74) is 0.0579. The molecule has 0 aromatic heterocycles. The van der Waals surface area contributed by atoms with E-state index in [0.717, 1.165) is 0 Å². The van der Waals surface area contributed by atoms with Gasteiger partial charge in [0.15, 0.2) is 5.75 Å². The summed E-state index contributed by atoms with van der Waals surface area (Å²) in [7, 11) is 0. The molecule has 1 aromatic rings. The molecular weight excluding hydrogens is 168 g/mol. The monoisotopic (exact) mass is 172 g/mol. The highest BCUT2D eigenvalue weighted by atomic mass is 35.5. The van der Waals surface area contributed by atoms with E-state index in [0.29, 0.717) is 0 Å². The first-order valence-corrected chi connectivity index (χ1v) is 3.17. The third kappa shape index (κ3) is 1.62. The van der Waals surface area contributed by atoms with Gasteiger partial charge in [-0.25, -0.2) is 4.79 Å². The van der Waals surface area contributed by atoms with Crippen molar-refractivity contribution in [2.45, 2.75) is 0 Å². The van der Waals surface area contributed by atoms with Crippen LogP contribution >= 0.6 is 11.9 Å². The second-order valence-electron chi connectivity index (χ2n) is 1.88. The van der Waals surface area contributed by atoms with Crippen LogP contribution in [-0.2, 0) is 0 Å². The first kappa shape index (κ1) is 7.88. The number of rotatable bonds is 2. The summed E-state index contributed by atoms with van der Waals surface area (Å²) in [6.07, 6.45) is 0. The van der Waals surface area contributed by atoms with E-state index in [1.807, 2.05) is 0 Å². The lowest BCUT2D eigenvalue weighted by molar-refractivity contribution is 0.0695. The van der Waals surface area contributed by atoms with E-state index in [-0.39, 0.29) is 11.3 Å². The van der Waals surface area contributed by atoms with Crippen LogP contribution in [0.15, 0.2) is 24.3 Å². The van der Waals surface area contributed by atoms with Crippen molar-refractivity contribution in [2.24, 2.45) is 0 Å². The molecule has 0 amide bonds. The van der Waals surface area contributed by atoms with Crippen LogP contribution in [0.3, 0.4) is 0 Å². The van der Waals surface area contributed by atoms with Crippen molar-refractivity contribution in [1.29, 1.82) is 0 Å². The molecule has 0 atom stereocenters. The number of aromatic carboxylic acids is 1. The zero-order chi connectivity index (χ0) is 8.27. The first-order valence-electron chi connectivity index (χ1n) is 2.86. The van der Waals surface area contributed by atoms with Crippen molar-refractivity contribution in [3.05, 3.63) is 29.8 Å². The Labute approximate surface area is 68.3 Å². The maximum absolute atomic E-state index is 10.4. The predicted molar refractivity (Wildman–Crippen MR) is 39.9 cm³/mol. The highest BCUT2D eigenvalue weighted by molar-refractivity contribution is 6.09. The van der Waals surface area contributed by atoms with E-state index in [9.17, 15) is 4.79 Å². The summed E-state index contributed by atoms with van der Waals surface area (Å²) in [6, 6.07) is 6.14. The molecule has 0 unspecified atom stereocenters. The zero-order valence-electron chi connectivity index (χ0n) is 5.45. The number of benzene rings is 1. The number of para-hydroxylation sites is 1. The SMILES string of the molecule is O=C(O)c1ccccc1OCl. The molecule has 1 N–H and O–H groups in total. The lowest BCUT2D eigenvalue weighted by atomic mass is 10.2. The highest BCUT2D eigenvalue weighted by Gasteiger charge is 2.08. The van der Waals surface area contributed by atoms with E-state index in [1.54, 1.807) is 12.1 Å². The van der Waals surface area contributed by atoms with Crippen LogP contribution in [0.1, 0.15) is 10.4 Å². The molecule has 1 rings (SSSR count). The third-order valence-corrected chi connectivity index (χ3v) is 1.37. The molecule has 0 aliphatic carbocycles. The third-order valence-electron chi connectivity index (χ3n) is 1.20. The Bertz CT molecular complexity index is 272. The molecule has 0 aliphatic heterocycles. The summed E-state index contributed by atoms with van der Waals surface area (Å²) in [5.74, 6) is -0.900. The Morgan fingerprint density at radius 1 is 1.45 bits per heavy atom. The molecule has 3 nitrogen and oxygen atoms in total. The van der Waals surface area contributed by atoms with Crippen molar-refractivity contribution in [3.63, 3.8) is 0 Å². The van der Waals surface area contributed by atoms with Gasteiger partial charge in [-0.15, -0.1) is 0 Å². The Morgan fingerprint density at radius 3 is 2.55 bits per heavy atom. The number of hydrogen-bond acceptors (Lipinski definition) is 2. The van der Waals surface area contributed by atoms with Crippen LogP contribution < -0.4 is 4.29 Å². The van der Waals surface area contributed by atoms with Crippen molar-refractivity contribution in [1.82, 2.24) is 0 Å². The Hall–Kier alpha value is -1.22. The Morgan fingerprint density at radius 2 is 2.09 bits per heavy atom. The molecular formula is C7H5ClO3. The topological polar surface area (TPSA) is 46.5 Å². The number of carboxylic acid groups (broad SMARTS) is 1. The molecule has 0 spiro atoms. The molecule has 58 valence electrons. The van der Waals surface area contributed by atoms with Gasteiger partial charge in [0.05, 0.1) is 0 Å². The average molecular weight is 173 g/mol. The maximum atomic E-state index is 10.4. The molecule has 1 aromatic carbocycles.